The number of hydrogen-bond donors (Lipinski definition) is 1. The molecule has 0 spiro atoms. The summed E-state index contributed by atoms with van der Waals surface area (Å²) in [5, 5.41) is 2.90. The highest BCUT2D eigenvalue weighted by molar-refractivity contribution is 5.53. The lowest BCUT2D eigenvalue weighted by atomic mass is 9.95. The van der Waals surface area contributed by atoms with Crippen molar-refractivity contribution in [3.8, 4) is 0 Å². The first-order chi connectivity index (χ1) is 11.9. The number of rotatable bonds is 4. The van der Waals surface area contributed by atoms with Gasteiger partial charge in [0.25, 0.3) is 0 Å². The molecule has 0 radical (unpaired) electrons. The van der Waals surface area contributed by atoms with Crippen LogP contribution in [0.25, 0.3) is 0 Å². The summed E-state index contributed by atoms with van der Waals surface area (Å²) < 4.78 is 43.6. The summed E-state index contributed by atoms with van der Waals surface area (Å²) in [6.45, 7) is 4.30. The van der Waals surface area contributed by atoms with Crippen LogP contribution in [-0.4, -0.2) is 16.1 Å². The second-order valence-corrected chi connectivity index (χ2v) is 6.34. The molecule has 4 nitrogen and oxygen atoms in total. The molecule has 2 heterocycles. The van der Waals surface area contributed by atoms with Crippen molar-refractivity contribution < 1.29 is 17.9 Å². The van der Waals surface area contributed by atoms with E-state index >= 15 is 0 Å². The highest BCUT2D eigenvalue weighted by Gasteiger charge is 2.32. The lowest BCUT2D eigenvalue weighted by Gasteiger charge is -2.16. The molecule has 134 valence electrons. The maximum Gasteiger partial charge on any atom is 0.419 e. The number of alkyl halides is 3. The van der Waals surface area contributed by atoms with E-state index < -0.39 is 11.7 Å². The third-order valence-corrected chi connectivity index (χ3v) is 4.42. The quantitative estimate of drug-likeness (QED) is 0.831. The van der Waals surface area contributed by atoms with E-state index in [1.807, 2.05) is 24.3 Å². The smallest absolute Gasteiger partial charge is 0.370 e. The predicted molar refractivity (Wildman–Crippen MR) is 88.4 cm³/mol. The zero-order chi connectivity index (χ0) is 18.0. The minimum atomic E-state index is -4.44. The number of halogens is 3. The normalized spacial score (nSPS) is 23.6. The number of benzene rings is 1. The second-order valence-electron chi connectivity index (χ2n) is 6.34. The van der Waals surface area contributed by atoms with Gasteiger partial charge in [-0.15, -0.1) is 0 Å². The molecule has 0 amide bonds. The van der Waals surface area contributed by atoms with Gasteiger partial charge in [-0.25, -0.2) is 9.97 Å². The van der Waals surface area contributed by atoms with Crippen molar-refractivity contribution in [2.75, 3.05) is 5.32 Å². The number of hydrogen-bond acceptors (Lipinski definition) is 4. The average molecular weight is 351 g/mol. The molecule has 1 fully saturated rings. The molecule has 1 aromatic heterocycles. The molecule has 0 saturated carbocycles. The molecule has 3 rings (SSSR count). The first-order valence-corrected chi connectivity index (χ1v) is 8.28. The minimum absolute atomic E-state index is 0.0846. The molecule has 25 heavy (non-hydrogen) atoms. The minimum Gasteiger partial charge on any atom is -0.370 e. The molecule has 1 aromatic carbocycles. The van der Waals surface area contributed by atoms with E-state index in [0.717, 1.165) is 30.8 Å². The van der Waals surface area contributed by atoms with Gasteiger partial charge in [-0.3, -0.25) is 0 Å². The lowest BCUT2D eigenvalue weighted by molar-refractivity contribution is -0.138. The van der Waals surface area contributed by atoms with Crippen LogP contribution in [0.3, 0.4) is 0 Å². The van der Waals surface area contributed by atoms with E-state index in [2.05, 4.69) is 29.1 Å². The summed E-state index contributed by atoms with van der Waals surface area (Å²) in [7, 11) is 0. The van der Waals surface area contributed by atoms with Crippen LogP contribution in [0.1, 0.15) is 43.9 Å². The summed E-state index contributed by atoms with van der Waals surface area (Å²) in [6, 6.07) is 7.63. The van der Waals surface area contributed by atoms with Crippen LogP contribution < -0.4 is 5.32 Å². The Balaban J connectivity index is 1.67. The number of anilines is 2. The van der Waals surface area contributed by atoms with Crippen molar-refractivity contribution >= 4 is 11.6 Å². The van der Waals surface area contributed by atoms with Crippen LogP contribution in [0.5, 0.6) is 0 Å². The molecule has 7 heteroatoms. The van der Waals surface area contributed by atoms with Gasteiger partial charge in [0.05, 0.1) is 17.8 Å². The summed E-state index contributed by atoms with van der Waals surface area (Å²) >= 11 is 0. The summed E-state index contributed by atoms with van der Waals surface area (Å²) in [4.78, 5) is 7.41. The molecule has 1 aliphatic rings. The standard InChI is InChI=1S/C18H20F3N3O/c1-3-15-8-11(2)16(25-15)12-4-6-14(7-5-12)24-17-22-9-13(10-23-17)18(19,20)21/h4-7,9-11,15-16H,3,8H2,1-2H3,(H,22,23,24)/t11-,15+,16-/m0/s1. The van der Waals surface area contributed by atoms with Gasteiger partial charge in [-0.05, 0) is 36.5 Å². The maximum atomic E-state index is 12.5. The Labute approximate surface area is 144 Å². The van der Waals surface area contributed by atoms with Crippen molar-refractivity contribution in [3.63, 3.8) is 0 Å². The lowest BCUT2D eigenvalue weighted by Crippen LogP contribution is -2.07. The topological polar surface area (TPSA) is 47.0 Å². The van der Waals surface area contributed by atoms with Crippen molar-refractivity contribution in [3.05, 3.63) is 47.8 Å². The molecule has 3 atom stereocenters. The fourth-order valence-electron chi connectivity index (χ4n) is 3.03. The van der Waals surface area contributed by atoms with Crippen LogP contribution in [0.4, 0.5) is 24.8 Å². The highest BCUT2D eigenvalue weighted by atomic mass is 19.4. The van der Waals surface area contributed by atoms with Gasteiger partial charge in [0.1, 0.15) is 0 Å². The Morgan fingerprint density at radius 3 is 2.32 bits per heavy atom. The molecule has 0 aliphatic carbocycles. The van der Waals surface area contributed by atoms with Gasteiger partial charge in [0.15, 0.2) is 0 Å². The first-order valence-electron chi connectivity index (χ1n) is 8.28. The van der Waals surface area contributed by atoms with Crippen LogP contribution in [-0.2, 0) is 10.9 Å². The fourth-order valence-corrected chi connectivity index (χ4v) is 3.03. The summed E-state index contributed by atoms with van der Waals surface area (Å²) in [6.07, 6.45) is -0.453. The van der Waals surface area contributed by atoms with Gasteiger partial charge in [0, 0.05) is 18.1 Å². The summed E-state index contributed by atoms with van der Waals surface area (Å²) in [5.74, 6) is 0.583. The Bertz CT molecular complexity index is 701. The molecule has 1 saturated heterocycles. The van der Waals surface area contributed by atoms with E-state index in [9.17, 15) is 13.2 Å². The fraction of sp³-hybridized carbons (Fsp3) is 0.444. The third kappa shape index (κ3) is 4.10. The van der Waals surface area contributed by atoms with E-state index in [1.54, 1.807) is 0 Å². The van der Waals surface area contributed by atoms with E-state index in [0.29, 0.717) is 17.7 Å². The van der Waals surface area contributed by atoms with Crippen LogP contribution in [0.15, 0.2) is 36.7 Å². The zero-order valence-electron chi connectivity index (χ0n) is 14.0. The predicted octanol–water partition coefficient (Wildman–Crippen LogP) is 5.12. The van der Waals surface area contributed by atoms with Crippen LogP contribution in [0.2, 0.25) is 0 Å². The molecule has 1 aliphatic heterocycles. The molecular formula is C18H20F3N3O. The molecule has 1 N–H and O–H groups in total. The van der Waals surface area contributed by atoms with Gasteiger partial charge in [-0.2, -0.15) is 13.2 Å². The van der Waals surface area contributed by atoms with Crippen molar-refractivity contribution in [2.24, 2.45) is 5.92 Å². The summed E-state index contributed by atoms with van der Waals surface area (Å²) in [5.41, 5.74) is 0.940. The van der Waals surface area contributed by atoms with E-state index in [1.165, 1.54) is 0 Å². The van der Waals surface area contributed by atoms with Gasteiger partial charge >= 0.3 is 6.18 Å². The maximum absolute atomic E-state index is 12.5. The Hall–Kier alpha value is -2.15. The third-order valence-electron chi connectivity index (χ3n) is 4.42. The van der Waals surface area contributed by atoms with Gasteiger partial charge < -0.3 is 10.1 Å². The molecule has 0 bridgehead atoms. The van der Waals surface area contributed by atoms with Crippen LogP contribution >= 0.6 is 0 Å². The molecule has 0 unspecified atom stereocenters. The number of ether oxygens (including phenoxy) is 1. The Morgan fingerprint density at radius 1 is 1.16 bits per heavy atom. The molecular weight excluding hydrogens is 331 g/mol. The Morgan fingerprint density at radius 2 is 1.80 bits per heavy atom. The van der Waals surface area contributed by atoms with Gasteiger partial charge in [-0.1, -0.05) is 26.0 Å². The number of nitrogens with zero attached hydrogens (tertiary/aromatic N) is 2. The Kier molecular flexibility index (Phi) is 4.94. The highest BCUT2D eigenvalue weighted by Crippen LogP contribution is 2.39. The average Bonchev–Trinajstić information content (AvgIpc) is 2.96. The number of aromatic nitrogens is 2. The van der Waals surface area contributed by atoms with E-state index in [4.69, 9.17) is 4.74 Å². The molecule has 2 aromatic rings. The van der Waals surface area contributed by atoms with Crippen molar-refractivity contribution in [1.82, 2.24) is 9.97 Å². The largest absolute Gasteiger partial charge is 0.419 e. The SMILES string of the molecule is CC[C@@H]1C[C@H](C)[C@@H](c2ccc(Nc3ncc(C(F)(F)F)cn3)cc2)O1. The monoisotopic (exact) mass is 351 g/mol. The number of nitrogens with one attached hydrogen (secondary N) is 1. The van der Waals surface area contributed by atoms with Gasteiger partial charge in [0.2, 0.25) is 5.95 Å². The van der Waals surface area contributed by atoms with Crippen molar-refractivity contribution in [2.45, 2.75) is 45.1 Å². The first kappa shape index (κ1) is 17.7. The van der Waals surface area contributed by atoms with E-state index in [-0.39, 0.29) is 12.1 Å². The zero-order valence-corrected chi connectivity index (χ0v) is 14.0. The second kappa shape index (κ2) is 7.00. The van der Waals surface area contributed by atoms with Crippen LogP contribution in [0, 0.1) is 5.92 Å². The van der Waals surface area contributed by atoms with Crippen molar-refractivity contribution in [1.29, 1.82) is 0 Å².